The zero-order valence-electron chi connectivity index (χ0n) is 14.6. The second kappa shape index (κ2) is 7.01. The number of pyridine rings is 1. The summed E-state index contributed by atoms with van der Waals surface area (Å²) in [6.07, 6.45) is 1.65. The number of aromatic nitrogens is 3. The normalized spacial score (nSPS) is 15.4. The van der Waals surface area contributed by atoms with Gasteiger partial charge in [0.05, 0.1) is 25.2 Å². The summed E-state index contributed by atoms with van der Waals surface area (Å²) in [4.78, 5) is 14.2. The van der Waals surface area contributed by atoms with Gasteiger partial charge < -0.3 is 20.4 Å². The molecule has 1 aliphatic heterocycles. The van der Waals surface area contributed by atoms with Crippen molar-refractivity contribution < 1.29 is 4.74 Å². The van der Waals surface area contributed by atoms with Crippen LogP contribution in [0.4, 0.5) is 11.5 Å². The average Bonchev–Trinajstić information content (AvgIpc) is 3.14. The minimum absolute atomic E-state index is 0.408. The predicted molar refractivity (Wildman–Crippen MR) is 102 cm³/mol. The molecular formula is C18H21N7O. The lowest BCUT2D eigenvalue weighted by Crippen LogP contribution is -2.36. The molecule has 4 rings (SSSR count). The number of amidine groups is 1. The molecule has 1 aliphatic rings. The first kappa shape index (κ1) is 16.3. The van der Waals surface area contributed by atoms with Gasteiger partial charge in [0.2, 0.25) is 0 Å². The Bertz CT molecular complexity index is 944. The van der Waals surface area contributed by atoms with Gasteiger partial charge in [-0.15, -0.1) is 0 Å². The maximum absolute atomic E-state index is 6.10. The molecule has 0 aliphatic carbocycles. The fourth-order valence-corrected chi connectivity index (χ4v) is 3.01. The molecule has 0 bridgehead atoms. The lowest BCUT2D eigenvalue weighted by molar-refractivity contribution is 0.123. The van der Waals surface area contributed by atoms with E-state index in [1.165, 1.54) is 0 Å². The Hall–Kier alpha value is -3.13. The van der Waals surface area contributed by atoms with Crippen LogP contribution in [-0.2, 0) is 4.74 Å². The zero-order valence-corrected chi connectivity index (χ0v) is 14.6. The number of aromatic amines is 1. The molecule has 4 N–H and O–H groups in total. The number of anilines is 2. The van der Waals surface area contributed by atoms with E-state index in [1.54, 1.807) is 6.33 Å². The number of nitrogens with one attached hydrogen (secondary N) is 2. The highest BCUT2D eigenvalue weighted by Gasteiger charge is 2.17. The van der Waals surface area contributed by atoms with Crippen LogP contribution in [-0.4, -0.2) is 47.1 Å². The van der Waals surface area contributed by atoms with Crippen LogP contribution in [0.3, 0.4) is 0 Å². The molecule has 0 unspecified atom stereocenters. The third-order valence-corrected chi connectivity index (χ3v) is 4.33. The van der Waals surface area contributed by atoms with E-state index in [0.29, 0.717) is 30.5 Å². The molecule has 0 amide bonds. The number of imidazole rings is 1. The number of ether oxygens (including phenoxy) is 1. The van der Waals surface area contributed by atoms with Gasteiger partial charge in [0.1, 0.15) is 5.52 Å². The summed E-state index contributed by atoms with van der Waals surface area (Å²) in [5.41, 5.74) is 13.6. The van der Waals surface area contributed by atoms with Crippen molar-refractivity contribution in [1.29, 1.82) is 0 Å². The number of hydrogen-bond donors (Lipinski definition) is 3. The van der Waals surface area contributed by atoms with Crippen molar-refractivity contribution in [1.82, 2.24) is 15.0 Å². The number of morpholine rings is 1. The number of nitrogens with zero attached hydrogens (tertiary/aromatic N) is 4. The second-order valence-corrected chi connectivity index (χ2v) is 6.21. The number of H-pyrrole nitrogens is 1. The first-order valence-electron chi connectivity index (χ1n) is 8.54. The molecule has 0 saturated carbocycles. The molecule has 0 spiro atoms. The van der Waals surface area contributed by atoms with E-state index in [-0.39, 0.29) is 0 Å². The molecule has 3 heterocycles. The number of aryl methyl sites for hydroxylation is 1. The van der Waals surface area contributed by atoms with Gasteiger partial charge in [0.25, 0.3) is 0 Å². The molecule has 134 valence electrons. The highest BCUT2D eigenvalue weighted by Crippen LogP contribution is 2.27. The molecular weight excluding hydrogens is 330 g/mol. The van der Waals surface area contributed by atoms with Crippen molar-refractivity contribution >= 4 is 28.5 Å². The van der Waals surface area contributed by atoms with E-state index in [4.69, 9.17) is 10.5 Å². The molecule has 1 saturated heterocycles. The molecule has 3 aromatic rings. The second-order valence-electron chi connectivity index (χ2n) is 6.21. The van der Waals surface area contributed by atoms with Crippen molar-refractivity contribution in [2.45, 2.75) is 6.92 Å². The maximum Gasteiger partial charge on any atom is 0.181 e. The van der Waals surface area contributed by atoms with Gasteiger partial charge in [-0.3, -0.25) is 5.43 Å². The van der Waals surface area contributed by atoms with Crippen LogP contribution in [0.25, 0.3) is 11.2 Å². The lowest BCUT2D eigenvalue weighted by Gasteiger charge is -2.29. The molecule has 8 nitrogen and oxygen atoms in total. The van der Waals surface area contributed by atoms with Crippen LogP contribution in [0.15, 0.2) is 41.8 Å². The van der Waals surface area contributed by atoms with Gasteiger partial charge in [0, 0.05) is 24.7 Å². The molecule has 1 aromatic carbocycles. The smallest absolute Gasteiger partial charge is 0.181 e. The number of fused-ring (bicyclic) bond motifs is 1. The predicted octanol–water partition coefficient (Wildman–Crippen LogP) is 1.84. The topological polar surface area (TPSA) is 104 Å². The van der Waals surface area contributed by atoms with Crippen molar-refractivity contribution in [2.75, 3.05) is 36.6 Å². The summed E-state index contributed by atoms with van der Waals surface area (Å²) in [5.74, 6) is 1.01. The summed E-state index contributed by atoms with van der Waals surface area (Å²) in [7, 11) is 0. The minimum atomic E-state index is 0.408. The van der Waals surface area contributed by atoms with Gasteiger partial charge in [-0.25, -0.2) is 9.97 Å². The fraction of sp³-hybridized carbons (Fsp3) is 0.278. The van der Waals surface area contributed by atoms with E-state index in [9.17, 15) is 0 Å². The third kappa shape index (κ3) is 3.31. The Morgan fingerprint density at radius 2 is 2.15 bits per heavy atom. The first-order valence-corrected chi connectivity index (χ1v) is 8.54. The quantitative estimate of drug-likeness (QED) is 0.376. The zero-order chi connectivity index (χ0) is 17.9. The van der Waals surface area contributed by atoms with Crippen molar-refractivity contribution in [3.63, 3.8) is 0 Å². The summed E-state index contributed by atoms with van der Waals surface area (Å²) in [6, 6.07) is 9.85. The number of benzene rings is 1. The largest absolute Gasteiger partial charge is 0.382 e. The van der Waals surface area contributed by atoms with Gasteiger partial charge >= 0.3 is 0 Å². The van der Waals surface area contributed by atoms with Gasteiger partial charge in [-0.1, -0.05) is 23.8 Å². The summed E-state index contributed by atoms with van der Waals surface area (Å²) in [5, 5.41) is 4.28. The molecule has 26 heavy (non-hydrogen) atoms. The Balaban J connectivity index is 1.63. The Kier molecular flexibility index (Phi) is 4.40. The van der Waals surface area contributed by atoms with Gasteiger partial charge in [0.15, 0.2) is 17.3 Å². The highest BCUT2D eigenvalue weighted by atomic mass is 16.5. The summed E-state index contributed by atoms with van der Waals surface area (Å²) >= 11 is 0. The number of nitrogens with two attached hydrogens (primary N) is 1. The van der Waals surface area contributed by atoms with Crippen LogP contribution >= 0.6 is 0 Å². The van der Waals surface area contributed by atoms with E-state index < -0.39 is 0 Å². The Morgan fingerprint density at radius 3 is 2.96 bits per heavy atom. The SMILES string of the molecule is Cc1cccc(/C(N)=N/Nc2cc(N3CCOCC3)c3[nH]cnc3n2)c1. The molecule has 2 aromatic heterocycles. The van der Waals surface area contributed by atoms with Crippen LogP contribution in [0, 0.1) is 6.92 Å². The van der Waals surface area contributed by atoms with Gasteiger partial charge in [-0.2, -0.15) is 5.10 Å². The van der Waals surface area contributed by atoms with E-state index >= 15 is 0 Å². The molecule has 0 atom stereocenters. The van der Waals surface area contributed by atoms with E-state index in [2.05, 4.69) is 30.4 Å². The van der Waals surface area contributed by atoms with Crippen LogP contribution in [0.2, 0.25) is 0 Å². The van der Waals surface area contributed by atoms with Crippen molar-refractivity contribution in [3.8, 4) is 0 Å². The van der Waals surface area contributed by atoms with Crippen LogP contribution in [0.1, 0.15) is 11.1 Å². The summed E-state index contributed by atoms with van der Waals surface area (Å²) < 4.78 is 5.45. The fourth-order valence-electron chi connectivity index (χ4n) is 3.01. The first-order chi connectivity index (χ1) is 12.7. The Morgan fingerprint density at radius 1 is 1.31 bits per heavy atom. The van der Waals surface area contributed by atoms with Crippen molar-refractivity contribution in [2.24, 2.45) is 10.8 Å². The number of rotatable bonds is 4. The van der Waals surface area contributed by atoms with Gasteiger partial charge in [-0.05, 0) is 13.0 Å². The van der Waals surface area contributed by atoms with Crippen LogP contribution in [0.5, 0.6) is 0 Å². The van der Waals surface area contributed by atoms with Crippen LogP contribution < -0.4 is 16.1 Å². The monoisotopic (exact) mass is 351 g/mol. The number of hydrogen-bond acceptors (Lipinski definition) is 6. The highest BCUT2D eigenvalue weighted by molar-refractivity contribution is 5.98. The minimum Gasteiger partial charge on any atom is -0.382 e. The molecule has 8 heteroatoms. The summed E-state index contributed by atoms with van der Waals surface area (Å²) in [6.45, 7) is 5.09. The third-order valence-electron chi connectivity index (χ3n) is 4.33. The number of hydrazone groups is 1. The Labute approximate surface area is 151 Å². The van der Waals surface area contributed by atoms with Crippen molar-refractivity contribution in [3.05, 3.63) is 47.8 Å². The standard InChI is InChI=1S/C18H21N7O/c1-12-3-2-4-13(9-12)17(19)24-23-15-10-14(25-5-7-26-8-6-25)16-18(22-15)21-11-20-16/h2-4,9-11H,5-8H2,1H3,(H2,19,24)(H2,20,21,22,23). The lowest BCUT2D eigenvalue weighted by atomic mass is 10.1. The average molecular weight is 351 g/mol. The van der Waals surface area contributed by atoms with E-state index in [0.717, 1.165) is 35.4 Å². The molecule has 1 fully saturated rings. The molecule has 0 radical (unpaired) electrons. The maximum atomic E-state index is 6.10. The van der Waals surface area contributed by atoms with E-state index in [1.807, 2.05) is 37.3 Å².